The van der Waals surface area contributed by atoms with Crippen LogP contribution in [0.15, 0.2) is 29.2 Å². The van der Waals surface area contributed by atoms with Crippen LogP contribution in [0.5, 0.6) is 0 Å². The first-order chi connectivity index (χ1) is 9.15. The molecular weight excluding hydrogens is 296 g/mol. The van der Waals surface area contributed by atoms with E-state index in [0.717, 1.165) is 5.75 Å². The summed E-state index contributed by atoms with van der Waals surface area (Å²) in [4.78, 5) is 12.8. The summed E-state index contributed by atoms with van der Waals surface area (Å²) in [5.41, 5.74) is 6.72. The third-order valence-corrected chi connectivity index (χ3v) is 3.74. The number of amides is 1. The Morgan fingerprint density at radius 1 is 1.40 bits per heavy atom. The number of thioether (sulfide) groups is 1. The highest BCUT2D eigenvalue weighted by molar-refractivity contribution is 7.99. The first-order valence-corrected chi connectivity index (χ1v) is 7.33. The van der Waals surface area contributed by atoms with Crippen LogP contribution in [0.25, 0.3) is 0 Å². The Morgan fingerprint density at radius 2 is 2.05 bits per heavy atom. The van der Waals surface area contributed by atoms with Crippen molar-refractivity contribution in [2.24, 2.45) is 5.73 Å². The zero-order chi connectivity index (χ0) is 14.1. The summed E-state index contributed by atoms with van der Waals surface area (Å²) in [6.07, 6.45) is 0.132. The zero-order valence-corrected chi connectivity index (χ0v) is 13.6. The number of ether oxygens (including phenoxy) is 1. The van der Waals surface area contributed by atoms with Gasteiger partial charge in [0.2, 0.25) is 5.91 Å². The predicted octanol–water partition coefficient (Wildman–Crippen LogP) is 1.99. The Balaban J connectivity index is 0.00000361. The van der Waals surface area contributed by atoms with Crippen LogP contribution in [-0.4, -0.2) is 38.0 Å². The van der Waals surface area contributed by atoms with E-state index in [1.165, 1.54) is 10.5 Å². The number of aryl methyl sites for hydroxylation is 1. The largest absolute Gasteiger partial charge is 0.380 e. The highest BCUT2D eigenvalue weighted by Crippen LogP contribution is 2.17. The minimum absolute atomic E-state index is 0. The van der Waals surface area contributed by atoms with Crippen LogP contribution in [-0.2, 0) is 9.53 Å². The summed E-state index contributed by atoms with van der Waals surface area (Å²) < 4.78 is 5.07. The SMILES string of the molecule is COC(CN)CC(=O)NCCSc1ccc(C)cc1.Cl. The number of carbonyl (C=O) groups excluding carboxylic acids is 1. The van der Waals surface area contributed by atoms with E-state index in [2.05, 4.69) is 36.5 Å². The standard InChI is InChI=1S/C14H22N2O2S.ClH/c1-11-3-5-13(6-4-11)19-8-7-16-14(17)9-12(10-15)18-2;/h3-6,12H,7-10,15H2,1-2H3,(H,16,17);1H. The highest BCUT2D eigenvalue weighted by Gasteiger charge is 2.10. The van der Waals surface area contributed by atoms with Crippen molar-refractivity contribution in [2.75, 3.05) is 26.0 Å². The van der Waals surface area contributed by atoms with Gasteiger partial charge in [0.1, 0.15) is 0 Å². The van der Waals surface area contributed by atoms with Gasteiger partial charge in [-0.1, -0.05) is 17.7 Å². The van der Waals surface area contributed by atoms with Gasteiger partial charge < -0.3 is 15.8 Å². The number of carbonyl (C=O) groups is 1. The summed E-state index contributed by atoms with van der Waals surface area (Å²) >= 11 is 1.73. The van der Waals surface area contributed by atoms with Crippen molar-refractivity contribution < 1.29 is 9.53 Å². The number of rotatable bonds is 8. The summed E-state index contributed by atoms with van der Waals surface area (Å²) in [6.45, 7) is 3.08. The number of methoxy groups -OCH3 is 1. The van der Waals surface area contributed by atoms with Gasteiger partial charge in [-0.25, -0.2) is 0 Å². The lowest BCUT2D eigenvalue weighted by molar-refractivity contribution is -0.123. The molecule has 0 saturated carbocycles. The molecule has 4 nitrogen and oxygen atoms in total. The van der Waals surface area contributed by atoms with Gasteiger partial charge in [-0.2, -0.15) is 0 Å². The van der Waals surface area contributed by atoms with Crippen LogP contribution in [0, 0.1) is 6.92 Å². The molecule has 0 spiro atoms. The van der Waals surface area contributed by atoms with Crippen LogP contribution < -0.4 is 11.1 Å². The average molecular weight is 319 g/mol. The van der Waals surface area contributed by atoms with E-state index in [1.807, 2.05) is 0 Å². The average Bonchev–Trinajstić information content (AvgIpc) is 2.43. The molecule has 1 aromatic carbocycles. The lowest BCUT2D eigenvalue weighted by Gasteiger charge is -2.12. The molecule has 114 valence electrons. The predicted molar refractivity (Wildman–Crippen MR) is 86.6 cm³/mol. The van der Waals surface area contributed by atoms with Crippen molar-refractivity contribution in [3.8, 4) is 0 Å². The lowest BCUT2D eigenvalue weighted by atomic mass is 10.2. The molecule has 1 atom stereocenters. The van der Waals surface area contributed by atoms with Crippen LogP contribution in [0.1, 0.15) is 12.0 Å². The van der Waals surface area contributed by atoms with Crippen LogP contribution in [0.3, 0.4) is 0 Å². The number of halogens is 1. The van der Waals surface area contributed by atoms with Crippen molar-refractivity contribution in [1.29, 1.82) is 0 Å². The number of nitrogens with two attached hydrogens (primary N) is 1. The molecule has 1 amide bonds. The highest BCUT2D eigenvalue weighted by atomic mass is 35.5. The summed E-state index contributed by atoms with van der Waals surface area (Å²) in [5.74, 6) is 0.844. The Labute approximate surface area is 131 Å². The molecule has 0 fully saturated rings. The minimum Gasteiger partial charge on any atom is -0.380 e. The monoisotopic (exact) mass is 318 g/mol. The van der Waals surface area contributed by atoms with Crippen LogP contribution >= 0.6 is 24.2 Å². The molecule has 0 aliphatic rings. The quantitative estimate of drug-likeness (QED) is 0.568. The molecular formula is C14H23ClN2O2S. The van der Waals surface area contributed by atoms with Crippen molar-refractivity contribution in [1.82, 2.24) is 5.32 Å². The Kier molecular flexibility index (Phi) is 10.6. The van der Waals surface area contributed by atoms with Crippen LogP contribution in [0.2, 0.25) is 0 Å². The first kappa shape index (κ1) is 19.2. The normalized spacial score (nSPS) is 11.6. The summed E-state index contributed by atoms with van der Waals surface area (Å²) in [7, 11) is 1.57. The fourth-order valence-corrected chi connectivity index (χ4v) is 2.30. The maximum atomic E-state index is 11.6. The maximum absolute atomic E-state index is 11.6. The van der Waals surface area contributed by atoms with Crippen molar-refractivity contribution in [3.05, 3.63) is 29.8 Å². The van der Waals surface area contributed by atoms with Gasteiger partial charge in [0.05, 0.1) is 12.5 Å². The molecule has 0 heterocycles. The smallest absolute Gasteiger partial charge is 0.222 e. The Bertz CT molecular complexity index is 383. The topological polar surface area (TPSA) is 64.3 Å². The Morgan fingerprint density at radius 3 is 2.60 bits per heavy atom. The molecule has 0 aliphatic carbocycles. The van der Waals surface area contributed by atoms with E-state index < -0.39 is 0 Å². The van der Waals surface area contributed by atoms with Gasteiger partial charge in [0.25, 0.3) is 0 Å². The van der Waals surface area contributed by atoms with E-state index in [4.69, 9.17) is 10.5 Å². The van der Waals surface area contributed by atoms with Crippen LogP contribution in [0.4, 0.5) is 0 Å². The molecule has 6 heteroatoms. The molecule has 0 bridgehead atoms. The van der Waals surface area contributed by atoms with Gasteiger partial charge in [-0.3, -0.25) is 4.79 Å². The molecule has 1 rings (SSSR count). The fraction of sp³-hybridized carbons (Fsp3) is 0.500. The molecule has 1 unspecified atom stereocenters. The molecule has 0 saturated heterocycles. The number of nitrogens with one attached hydrogen (secondary N) is 1. The van der Waals surface area contributed by atoms with E-state index in [1.54, 1.807) is 18.9 Å². The first-order valence-electron chi connectivity index (χ1n) is 6.34. The number of hydrogen-bond donors (Lipinski definition) is 2. The molecule has 0 radical (unpaired) electrons. The Hall–Kier alpha value is -0.750. The van der Waals surface area contributed by atoms with Crippen molar-refractivity contribution in [2.45, 2.75) is 24.3 Å². The van der Waals surface area contributed by atoms with Gasteiger partial charge in [-0.05, 0) is 19.1 Å². The van der Waals surface area contributed by atoms with E-state index in [9.17, 15) is 4.79 Å². The summed E-state index contributed by atoms with van der Waals surface area (Å²) in [5, 5.41) is 2.87. The second-order valence-corrected chi connectivity index (χ2v) is 5.48. The van der Waals surface area contributed by atoms with E-state index in [-0.39, 0.29) is 24.4 Å². The van der Waals surface area contributed by atoms with E-state index >= 15 is 0 Å². The molecule has 0 aromatic heterocycles. The van der Waals surface area contributed by atoms with Crippen molar-refractivity contribution >= 4 is 30.1 Å². The minimum atomic E-state index is -0.190. The second-order valence-electron chi connectivity index (χ2n) is 4.31. The lowest BCUT2D eigenvalue weighted by Crippen LogP contribution is -2.33. The van der Waals surface area contributed by atoms with Gasteiger partial charge in [-0.15, -0.1) is 24.2 Å². The molecule has 3 N–H and O–H groups in total. The third-order valence-electron chi connectivity index (χ3n) is 2.72. The zero-order valence-electron chi connectivity index (χ0n) is 11.9. The summed E-state index contributed by atoms with van der Waals surface area (Å²) in [6, 6.07) is 8.37. The van der Waals surface area contributed by atoms with Gasteiger partial charge in [0, 0.05) is 30.8 Å². The number of benzene rings is 1. The van der Waals surface area contributed by atoms with Crippen molar-refractivity contribution in [3.63, 3.8) is 0 Å². The molecule has 0 aliphatic heterocycles. The molecule has 1 aromatic rings. The second kappa shape index (κ2) is 11.0. The van der Waals surface area contributed by atoms with Gasteiger partial charge >= 0.3 is 0 Å². The third kappa shape index (κ3) is 7.75. The number of hydrogen-bond acceptors (Lipinski definition) is 4. The fourth-order valence-electron chi connectivity index (χ4n) is 1.54. The van der Waals surface area contributed by atoms with Gasteiger partial charge in [0.15, 0.2) is 0 Å². The van der Waals surface area contributed by atoms with E-state index in [0.29, 0.717) is 19.5 Å². The molecule has 20 heavy (non-hydrogen) atoms. The maximum Gasteiger partial charge on any atom is 0.222 e.